The van der Waals surface area contributed by atoms with Crippen molar-refractivity contribution in [1.29, 1.82) is 0 Å². The summed E-state index contributed by atoms with van der Waals surface area (Å²) in [6.07, 6.45) is 2.25. The normalized spacial score (nSPS) is 16.5. The van der Waals surface area contributed by atoms with E-state index >= 15 is 0 Å². The summed E-state index contributed by atoms with van der Waals surface area (Å²) in [4.78, 5) is 1.65. The van der Waals surface area contributed by atoms with E-state index < -0.39 is 0 Å². The van der Waals surface area contributed by atoms with Crippen molar-refractivity contribution in [2.24, 2.45) is 0 Å². The average Bonchev–Trinajstić information content (AvgIpc) is 2.42. The van der Waals surface area contributed by atoms with Crippen molar-refractivity contribution in [2.45, 2.75) is 12.8 Å². The highest BCUT2D eigenvalue weighted by molar-refractivity contribution is 9.10. The van der Waals surface area contributed by atoms with Gasteiger partial charge >= 0.3 is 0 Å². The highest BCUT2D eigenvalue weighted by atomic mass is 79.9. The van der Waals surface area contributed by atoms with Crippen LogP contribution in [0.25, 0.3) is 0 Å². The zero-order valence-corrected chi connectivity index (χ0v) is 13.3. The van der Waals surface area contributed by atoms with Crippen molar-refractivity contribution in [1.82, 2.24) is 0 Å². The topological polar surface area (TPSA) is 22.9 Å². The van der Waals surface area contributed by atoms with Crippen LogP contribution in [0.5, 0.6) is 5.75 Å². The molecule has 1 aliphatic heterocycles. The number of benzene rings is 1. The molecule has 1 fully saturated rings. The van der Waals surface area contributed by atoms with Crippen molar-refractivity contribution in [3.8, 4) is 5.75 Å². The van der Waals surface area contributed by atoms with Gasteiger partial charge in [0.25, 0.3) is 0 Å². The Labute approximate surface area is 128 Å². The van der Waals surface area contributed by atoms with Gasteiger partial charge in [-0.3, -0.25) is 0 Å². The number of quaternary nitrogens is 1. The lowest BCUT2D eigenvalue weighted by Gasteiger charge is -2.23. The van der Waals surface area contributed by atoms with E-state index in [0.717, 1.165) is 49.6 Å². The third kappa shape index (κ3) is 5.30. The minimum absolute atomic E-state index is 0.660. The molecule has 3 nitrogen and oxygen atoms in total. The smallest absolute Gasteiger partial charge is 0.137 e. The van der Waals surface area contributed by atoms with E-state index in [9.17, 15) is 0 Å². The molecule has 0 bridgehead atoms. The Morgan fingerprint density at radius 3 is 2.79 bits per heavy atom. The number of nitrogens with one attached hydrogen (secondary N) is 1. The first-order valence-corrected chi connectivity index (χ1v) is 7.92. The summed E-state index contributed by atoms with van der Waals surface area (Å²) in [5, 5.41) is 0.660. The molecule has 0 amide bonds. The lowest BCUT2D eigenvalue weighted by Crippen LogP contribution is -3.14. The molecule has 0 atom stereocenters. The molecule has 0 aromatic heterocycles. The number of rotatable bonds is 6. The number of unbranched alkanes of at least 4 members (excludes halogenated alkanes) is 1. The van der Waals surface area contributed by atoms with Gasteiger partial charge in [0.2, 0.25) is 0 Å². The summed E-state index contributed by atoms with van der Waals surface area (Å²) in [5.74, 6) is 0.767. The first-order chi connectivity index (χ1) is 9.25. The average molecular weight is 350 g/mol. The van der Waals surface area contributed by atoms with Crippen molar-refractivity contribution in [3.05, 3.63) is 27.7 Å². The Morgan fingerprint density at radius 1 is 1.26 bits per heavy atom. The lowest BCUT2D eigenvalue weighted by atomic mass is 10.3. The Hall–Kier alpha value is -0.290. The van der Waals surface area contributed by atoms with Gasteiger partial charge in [-0.05, 0) is 31.0 Å². The molecule has 1 saturated heterocycles. The molecule has 1 heterocycles. The molecule has 1 aliphatic rings. The summed E-state index contributed by atoms with van der Waals surface area (Å²) in [6, 6.07) is 5.70. The predicted molar refractivity (Wildman–Crippen MR) is 80.3 cm³/mol. The van der Waals surface area contributed by atoms with Gasteiger partial charge in [0.05, 0.1) is 31.4 Å². The number of hydrogen-bond acceptors (Lipinski definition) is 2. The molecule has 0 spiro atoms. The van der Waals surface area contributed by atoms with Crippen molar-refractivity contribution < 1.29 is 14.4 Å². The van der Waals surface area contributed by atoms with Crippen LogP contribution in [0.4, 0.5) is 0 Å². The highest BCUT2D eigenvalue weighted by Gasteiger charge is 2.12. The zero-order chi connectivity index (χ0) is 13.5. The van der Waals surface area contributed by atoms with E-state index in [-0.39, 0.29) is 0 Å². The van der Waals surface area contributed by atoms with Crippen LogP contribution in [0.1, 0.15) is 12.8 Å². The summed E-state index contributed by atoms with van der Waals surface area (Å²) < 4.78 is 12.0. The van der Waals surface area contributed by atoms with Gasteiger partial charge in [0.1, 0.15) is 18.8 Å². The molecule has 0 aliphatic carbocycles. The molecule has 5 heteroatoms. The van der Waals surface area contributed by atoms with Crippen LogP contribution in [0.3, 0.4) is 0 Å². The summed E-state index contributed by atoms with van der Waals surface area (Å²) in [7, 11) is 0. The van der Waals surface area contributed by atoms with Crippen molar-refractivity contribution in [2.75, 3.05) is 39.5 Å². The van der Waals surface area contributed by atoms with Gasteiger partial charge in [-0.1, -0.05) is 27.5 Å². The lowest BCUT2D eigenvalue weighted by molar-refractivity contribution is -0.908. The Morgan fingerprint density at radius 2 is 2.05 bits per heavy atom. The van der Waals surface area contributed by atoms with Gasteiger partial charge < -0.3 is 14.4 Å². The monoisotopic (exact) mass is 348 g/mol. The van der Waals surface area contributed by atoms with Crippen LogP contribution in [-0.4, -0.2) is 39.5 Å². The summed E-state index contributed by atoms with van der Waals surface area (Å²) in [6.45, 7) is 6.02. The minimum atomic E-state index is 0.660. The first kappa shape index (κ1) is 15.1. The summed E-state index contributed by atoms with van der Waals surface area (Å²) >= 11 is 9.47. The van der Waals surface area contributed by atoms with E-state index in [1.165, 1.54) is 13.0 Å². The molecular formula is C14H20BrClNO2+. The van der Waals surface area contributed by atoms with Crippen molar-refractivity contribution in [3.63, 3.8) is 0 Å². The maximum atomic E-state index is 6.09. The van der Waals surface area contributed by atoms with Gasteiger partial charge in [0, 0.05) is 4.47 Å². The standard InChI is InChI=1S/C14H19BrClNO2/c15-12-3-4-14(13(16)11-12)19-8-2-1-5-17-6-9-18-10-7-17/h3-4,11H,1-2,5-10H2/p+1. The van der Waals surface area contributed by atoms with Crippen LogP contribution in [-0.2, 0) is 4.74 Å². The molecule has 2 rings (SSSR count). The molecular weight excluding hydrogens is 330 g/mol. The van der Waals surface area contributed by atoms with Crippen molar-refractivity contribution >= 4 is 27.5 Å². The second kappa shape index (κ2) is 8.10. The highest BCUT2D eigenvalue weighted by Crippen LogP contribution is 2.27. The maximum absolute atomic E-state index is 6.09. The molecule has 1 aromatic carbocycles. The Balaban J connectivity index is 1.61. The van der Waals surface area contributed by atoms with Gasteiger partial charge in [0.15, 0.2) is 0 Å². The van der Waals surface area contributed by atoms with Crippen LogP contribution >= 0.6 is 27.5 Å². The second-order valence-corrected chi connectivity index (χ2v) is 6.07. The second-order valence-electron chi connectivity index (χ2n) is 4.74. The van der Waals surface area contributed by atoms with E-state index in [2.05, 4.69) is 15.9 Å². The van der Waals surface area contributed by atoms with Crippen LogP contribution in [0.15, 0.2) is 22.7 Å². The minimum Gasteiger partial charge on any atom is -0.492 e. The van der Waals surface area contributed by atoms with Gasteiger partial charge in [-0.15, -0.1) is 0 Å². The number of hydrogen-bond donors (Lipinski definition) is 1. The predicted octanol–water partition coefficient (Wildman–Crippen LogP) is 2.18. The number of morpholine rings is 1. The van der Waals surface area contributed by atoms with Gasteiger partial charge in [-0.25, -0.2) is 0 Å². The molecule has 1 N–H and O–H groups in total. The molecule has 19 heavy (non-hydrogen) atoms. The number of ether oxygens (including phenoxy) is 2. The quantitative estimate of drug-likeness (QED) is 0.796. The number of halogens is 2. The first-order valence-electron chi connectivity index (χ1n) is 6.75. The molecule has 0 saturated carbocycles. The molecule has 106 valence electrons. The van der Waals surface area contributed by atoms with Crippen LogP contribution in [0, 0.1) is 0 Å². The third-order valence-corrected chi connectivity index (χ3v) is 4.06. The van der Waals surface area contributed by atoms with E-state index in [1.54, 1.807) is 4.90 Å². The fraction of sp³-hybridized carbons (Fsp3) is 0.571. The Kier molecular flexibility index (Phi) is 6.44. The molecule has 0 unspecified atom stereocenters. The molecule has 1 aromatic rings. The molecule has 0 radical (unpaired) electrons. The van der Waals surface area contributed by atoms with Gasteiger partial charge in [-0.2, -0.15) is 0 Å². The fourth-order valence-corrected chi connectivity index (χ4v) is 2.89. The zero-order valence-electron chi connectivity index (χ0n) is 11.0. The summed E-state index contributed by atoms with van der Waals surface area (Å²) in [5.41, 5.74) is 0. The van der Waals surface area contributed by atoms with E-state index in [0.29, 0.717) is 5.02 Å². The largest absolute Gasteiger partial charge is 0.492 e. The Bertz CT molecular complexity index is 397. The third-order valence-electron chi connectivity index (χ3n) is 3.28. The van der Waals surface area contributed by atoms with Crippen LogP contribution < -0.4 is 9.64 Å². The fourth-order valence-electron chi connectivity index (χ4n) is 2.16. The van der Waals surface area contributed by atoms with E-state index in [1.807, 2.05) is 18.2 Å². The van der Waals surface area contributed by atoms with Crippen LogP contribution in [0.2, 0.25) is 5.02 Å². The van der Waals surface area contributed by atoms with E-state index in [4.69, 9.17) is 21.1 Å². The maximum Gasteiger partial charge on any atom is 0.137 e. The SMILES string of the molecule is Clc1cc(Br)ccc1OCCCC[NH+]1CCOCC1.